The molecule has 5 heteroatoms. The fraction of sp³-hybridized carbons (Fsp3) is 0.840. The van der Waals surface area contributed by atoms with E-state index >= 15 is 0 Å². The molecular weight excluding hydrogens is 378 g/mol. The van der Waals surface area contributed by atoms with E-state index in [0.717, 1.165) is 50.9 Å². The lowest BCUT2D eigenvalue weighted by Crippen LogP contribution is -2.25. The van der Waals surface area contributed by atoms with Crippen LogP contribution in [-0.2, 0) is 9.53 Å². The molecule has 0 aromatic rings. The van der Waals surface area contributed by atoms with Gasteiger partial charge in [-0.2, -0.15) is 0 Å². The zero-order chi connectivity index (χ0) is 21.5. The third-order valence-corrected chi connectivity index (χ3v) is 7.66. The van der Waals surface area contributed by atoms with Crippen molar-refractivity contribution < 1.29 is 19.7 Å². The average molecular weight is 420 g/mol. The Hall–Kier alpha value is -1.20. The van der Waals surface area contributed by atoms with Crippen molar-refractivity contribution in [3.8, 4) is 0 Å². The minimum absolute atomic E-state index is 0.0948. The second kappa shape index (κ2) is 11.4. The van der Waals surface area contributed by atoms with Gasteiger partial charge in [0, 0.05) is 18.1 Å². The van der Waals surface area contributed by atoms with E-state index in [1.54, 1.807) is 0 Å². The van der Waals surface area contributed by atoms with Crippen molar-refractivity contribution in [1.82, 2.24) is 0 Å². The summed E-state index contributed by atoms with van der Waals surface area (Å²) in [6.07, 6.45) is 15.5. The number of rotatable bonds is 10. The summed E-state index contributed by atoms with van der Waals surface area (Å²) in [7, 11) is 1.43. The molecule has 5 atom stereocenters. The third-order valence-electron chi connectivity index (χ3n) is 7.66. The summed E-state index contributed by atoms with van der Waals surface area (Å²) < 4.78 is 4.69. The number of hydrogen-bond donors (Lipinski definition) is 2. The molecule has 1 heterocycles. The summed E-state index contributed by atoms with van der Waals surface area (Å²) in [6, 6.07) is 0.215. The van der Waals surface area contributed by atoms with Gasteiger partial charge in [0.25, 0.3) is 0 Å². The van der Waals surface area contributed by atoms with Crippen molar-refractivity contribution >= 4 is 11.7 Å². The smallest absolute Gasteiger partial charge is 0.305 e. The van der Waals surface area contributed by atoms with Crippen LogP contribution in [0.15, 0.2) is 17.1 Å². The normalized spacial score (nSPS) is 34.7. The van der Waals surface area contributed by atoms with E-state index in [2.05, 4.69) is 17.7 Å². The zero-order valence-electron chi connectivity index (χ0n) is 18.8. The van der Waals surface area contributed by atoms with Gasteiger partial charge < -0.3 is 14.9 Å². The predicted molar refractivity (Wildman–Crippen MR) is 119 cm³/mol. The molecule has 0 amide bonds. The molecule has 3 rings (SSSR count). The molecule has 3 aliphatic rings. The molecule has 0 radical (unpaired) electrons. The number of methoxy groups -OCH3 is 1. The van der Waals surface area contributed by atoms with Crippen molar-refractivity contribution in [3.63, 3.8) is 0 Å². The van der Waals surface area contributed by atoms with E-state index in [4.69, 9.17) is 4.99 Å². The Bertz CT molecular complexity index is 608. The van der Waals surface area contributed by atoms with E-state index in [1.807, 2.05) is 6.08 Å². The maximum Gasteiger partial charge on any atom is 0.305 e. The SMILES string of the molecule is CCCC1CCC(C(O)C=CC2C(O)CC3N=C(CCCCC(=O)OC)CC32)CC1. The fourth-order valence-corrected chi connectivity index (χ4v) is 5.87. The molecule has 2 saturated carbocycles. The van der Waals surface area contributed by atoms with Crippen LogP contribution < -0.4 is 0 Å². The van der Waals surface area contributed by atoms with E-state index in [0.29, 0.717) is 18.3 Å². The first kappa shape index (κ1) is 23.5. The molecule has 1 aliphatic heterocycles. The minimum atomic E-state index is -0.390. The zero-order valence-corrected chi connectivity index (χ0v) is 18.8. The first-order valence-electron chi connectivity index (χ1n) is 12.2. The highest BCUT2D eigenvalue weighted by molar-refractivity contribution is 5.86. The van der Waals surface area contributed by atoms with E-state index in [9.17, 15) is 15.0 Å². The number of unbranched alkanes of at least 4 members (excludes halogenated alkanes) is 1. The summed E-state index contributed by atoms with van der Waals surface area (Å²) >= 11 is 0. The molecule has 5 unspecified atom stereocenters. The number of hydrogen-bond acceptors (Lipinski definition) is 5. The van der Waals surface area contributed by atoms with E-state index in [1.165, 1.54) is 38.5 Å². The summed E-state index contributed by atoms with van der Waals surface area (Å²) in [4.78, 5) is 16.1. The van der Waals surface area contributed by atoms with Crippen molar-refractivity contribution in [2.24, 2.45) is 28.7 Å². The molecule has 170 valence electrons. The summed E-state index contributed by atoms with van der Waals surface area (Å²) in [6.45, 7) is 2.25. The summed E-state index contributed by atoms with van der Waals surface area (Å²) in [5.41, 5.74) is 1.23. The molecule has 5 nitrogen and oxygen atoms in total. The molecular formula is C25H41NO4. The Morgan fingerprint density at radius 3 is 2.73 bits per heavy atom. The topological polar surface area (TPSA) is 79.1 Å². The van der Waals surface area contributed by atoms with Crippen LogP contribution in [0.3, 0.4) is 0 Å². The van der Waals surface area contributed by atoms with Gasteiger partial charge in [0.2, 0.25) is 0 Å². The van der Waals surface area contributed by atoms with Gasteiger partial charge >= 0.3 is 5.97 Å². The van der Waals surface area contributed by atoms with Crippen LogP contribution in [0.2, 0.25) is 0 Å². The lowest BCUT2D eigenvalue weighted by Gasteiger charge is -2.30. The van der Waals surface area contributed by atoms with Gasteiger partial charge in [-0.3, -0.25) is 9.79 Å². The third kappa shape index (κ3) is 6.16. The molecule has 0 aromatic carbocycles. The predicted octanol–water partition coefficient (Wildman–Crippen LogP) is 4.45. The van der Waals surface area contributed by atoms with E-state index in [-0.39, 0.29) is 30.1 Å². The van der Waals surface area contributed by atoms with Crippen LogP contribution in [0.4, 0.5) is 0 Å². The second-order valence-corrected chi connectivity index (χ2v) is 9.74. The quantitative estimate of drug-likeness (QED) is 0.311. The van der Waals surface area contributed by atoms with Crippen molar-refractivity contribution in [2.45, 2.75) is 102 Å². The number of nitrogens with zero attached hydrogens (tertiary/aromatic N) is 1. The summed E-state index contributed by atoms with van der Waals surface area (Å²) in [5, 5.41) is 21.2. The highest BCUT2D eigenvalue weighted by Crippen LogP contribution is 2.43. The number of aliphatic imine (C=N–C) groups is 1. The molecule has 0 bridgehead atoms. The van der Waals surface area contributed by atoms with Crippen molar-refractivity contribution in [2.75, 3.05) is 7.11 Å². The Labute approximate surface area is 182 Å². The van der Waals surface area contributed by atoms with Gasteiger partial charge in [-0.1, -0.05) is 44.8 Å². The molecule has 2 aliphatic carbocycles. The lowest BCUT2D eigenvalue weighted by molar-refractivity contribution is -0.140. The van der Waals surface area contributed by atoms with Gasteiger partial charge in [-0.15, -0.1) is 0 Å². The van der Waals surface area contributed by atoms with Gasteiger partial charge in [0.15, 0.2) is 0 Å². The number of fused-ring (bicyclic) bond motifs is 1. The van der Waals surface area contributed by atoms with E-state index < -0.39 is 0 Å². The minimum Gasteiger partial charge on any atom is -0.469 e. The number of aliphatic hydroxyl groups is 2. The largest absolute Gasteiger partial charge is 0.469 e. The van der Waals surface area contributed by atoms with Crippen molar-refractivity contribution in [3.05, 3.63) is 12.2 Å². The van der Waals surface area contributed by atoms with Crippen LogP contribution in [0.1, 0.15) is 84.0 Å². The lowest BCUT2D eigenvalue weighted by atomic mass is 9.77. The Morgan fingerprint density at radius 1 is 1.27 bits per heavy atom. The molecule has 30 heavy (non-hydrogen) atoms. The summed E-state index contributed by atoms with van der Waals surface area (Å²) in [5.74, 6) is 1.53. The molecule has 2 N–H and O–H groups in total. The maximum atomic E-state index is 11.2. The van der Waals surface area contributed by atoms with Gasteiger partial charge in [0.1, 0.15) is 0 Å². The maximum absolute atomic E-state index is 11.2. The highest BCUT2D eigenvalue weighted by Gasteiger charge is 2.44. The number of ether oxygens (including phenoxy) is 1. The van der Waals surface area contributed by atoms with Gasteiger partial charge in [-0.25, -0.2) is 0 Å². The van der Waals surface area contributed by atoms with Crippen LogP contribution in [0, 0.1) is 23.7 Å². The Kier molecular flexibility index (Phi) is 8.94. The highest BCUT2D eigenvalue weighted by atomic mass is 16.5. The number of carbonyl (C=O) groups excluding carboxylic acids is 1. The Balaban J connectivity index is 1.44. The monoisotopic (exact) mass is 419 g/mol. The fourth-order valence-electron chi connectivity index (χ4n) is 5.87. The first-order chi connectivity index (χ1) is 14.5. The van der Waals surface area contributed by atoms with Crippen molar-refractivity contribution in [1.29, 1.82) is 0 Å². The van der Waals surface area contributed by atoms with Crippen LogP contribution >= 0.6 is 0 Å². The second-order valence-electron chi connectivity index (χ2n) is 9.74. The number of aliphatic hydroxyl groups excluding tert-OH is 2. The molecule has 0 spiro atoms. The number of esters is 1. The average Bonchev–Trinajstić information content (AvgIpc) is 3.26. The Morgan fingerprint density at radius 2 is 2.03 bits per heavy atom. The standard InChI is InChI=1S/C25H41NO4/c1-3-6-17-9-11-18(12-10-17)23(27)14-13-20-21-15-19(26-22(21)16-24(20)28)7-4-5-8-25(29)30-2/h13-14,17-18,20-24,27-28H,3-12,15-16H2,1-2H3. The van der Waals surface area contributed by atoms with Gasteiger partial charge in [-0.05, 0) is 62.7 Å². The first-order valence-corrected chi connectivity index (χ1v) is 12.2. The van der Waals surface area contributed by atoms with Crippen LogP contribution in [-0.4, -0.2) is 47.3 Å². The van der Waals surface area contributed by atoms with Crippen LogP contribution in [0.25, 0.3) is 0 Å². The molecule has 0 aromatic heterocycles. The number of carbonyl (C=O) groups is 1. The molecule has 2 fully saturated rings. The van der Waals surface area contributed by atoms with Gasteiger partial charge in [0.05, 0.1) is 25.4 Å². The molecule has 0 saturated heterocycles. The van der Waals surface area contributed by atoms with Crippen LogP contribution in [0.5, 0.6) is 0 Å².